The molecule has 2 aliphatic carbocycles. The Hall–Kier alpha value is -4.64. The van der Waals surface area contributed by atoms with E-state index in [2.05, 4.69) is 20.9 Å². The number of nitrogens with zero attached hydrogens (tertiary/aromatic N) is 2. The second-order valence-electron chi connectivity index (χ2n) is 15.1. The molecule has 17 heteroatoms. The molecule has 6 N–H and O–H groups in total. The number of allylic oxidation sites excluding steroid dienone is 2. The number of thiazole rings is 1. The van der Waals surface area contributed by atoms with Gasteiger partial charge in [0.2, 0.25) is 23.5 Å². The van der Waals surface area contributed by atoms with E-state index in [9.17, 15) is 39.3 Å². The summed E-state index contributed by atoms with van der Waals surface area (Å²) in [5.41, 5.74) is 0.563. The first-order chi connectivity index (χ1) is 27.5. The lowest BCUT2D eigenvalue weighted by molar-refractivity contribution is -0.143. The van der Waals surface area contributed by atoms with Crippen LogP contribution in [0.25, 0.3) is 10.4 Å². The zero-order valence-electron chi connectivity index (χ0n) is 31.9. The molecular weight excluding hydrogens is 809 g/mol. The van der Waals surface area contributed by atoms with Gasteiger partial charge in [-0.1, -0.05) is 79.6 Å². The quantitative estimate of drug-likeness (QED) is 0.0823. The molecule has 0 radical (unpaired) electrons. The van der Waals surface area contributed by atoms with Crippen LogP contribution in [-0.2, 0) is 30.3 Å². The van der Waals surface area contributed by atoms with E-state index in [-0.39, 0.29) is 36.1 Å². The van der Waals surface area contributed by atoms with Gasteiger partial charge < -0.3 is 35.6 Å². The summed E-state index contributed by atoms with van der Waals surface area (Å²) in [6, 6.07) is 6.31. The van der Waals surface area contributed by atoms with Gasteiger partial charge in [0, 0.05) is 30.6 Å². The number of aliphatic hydroxyl groups is 1. The summed E-state index contributed by atoms with van der Waals surface area (Å²) in [6.07, 6.45) is 7.65. The molecule has 14 nitrogen and oxygen atoms in total. The maximum atomic E-state index is 14.6. The molecule has 58 heavy (non-hydrogen) atoms. The van der Waals surface area contributed by atoms with E-state index >= 15 is 0 Å². The number of carbonyl (C=O) groups excluding carboxylic acids is 4. The third-order valence-electron chi connectivity index (χ3n) is 10.4. The number of aliphatic hydroxyl groups excluding tert-OH is 1. The number of likely N-dealkylation sites (tertiary alicyclic amines) is 1. The summed E-state index contributed by atoms with van der Waals surface area (Å²) in [6.45, 7) is 4.93. The van der Waals surface area contributed by atoms with E-state index < -0.39 is 83.9 Å². The Labute approximate surface area is 349 Å². The molecule has 1 saturated carbocycles. The number of hydrogen-bond acceptors (Lipinski definition) is 11. The number of rotatable bonds is 17. The highest BCUT2D eigenvalue weighted by molar-refractivity contribution is 7.17. The normalized spacial score (nSPS) is 22.8. The summed E-state index contributed by atoms with van der Waals surface area (Å²) in [5.74, 6) is -4.32. The predicted octanol–water partition coefficient (Wildman–Crippen LogP) is 4.52. The number of carbonyl (C=O) groups is 5. The summed E-state index contributed by atoms with van der Waals surface area (Å²) >= 11 is 13.7. The van der Waals surface area contributed by atoms with E-state index in [1.54, 1.807) is 44.2 Å². The molecule has 2 heterocycles. The van der Waals surface area contributed by atoms with Crippen LogP contribution < -0.4 is 16.0 Å². The number of ketones is 1. The monoisotopic (exact) mass is 853 g/mol. The highest BCUT2D eigenvalue weighted by atomic mass is 35.5. The second-order valence-corrected chi connectivity index (χ2v) is 17.0. The molecular formula is C41H45Cl2N5O9S. The number of benzene rings is 2. The minimum atomic E-state index is -1.55. The third-order valence-corrected chi connectivity index (χ3v) is 12.0. The van der Waals surface area contributed by atoms with Gasteiger partial charge in [0.25, 0.3) is 0 Å². The van der Waals surface area contributed by atoms with Gasteiger partial charge in [-0.3, -0.25) is 29.3 Å². The van der Waals surface area contributed by atoms with Crippen LogP contribution in [0.15, 0.2) is 73.0 Å². The SMILES string of the molecule is CC(O)N[C@@H](Cc1ccc(O)cc1)C(=O)N[C@H](C(=O)N1C[C@H](OC23C=CC=CC2C3)C[C@H]1C(=O)N[C@@H](CC(=O)O)C(=O)c1ncc(-c2c(Cl)cccc2Cl)s1)C(C)C. The second kappa shape index (κ2) is 18.1. The fourth-order valence-electron chi connectivity index (χ4n) is 7.35. The highest BCUT2D eigenvalue weighted by Gasteiger charge is 2.56. The smallest absolute Gasteiger partial charge is 0.305 e. The molecule has 2 fully saturated rings. The topological polar surface area (TPSA) is 207 Å². The predicted molar refractivity (Wildman–Crippen MR) is 217 cm³/mol. The minimum absolute atomic E-state index is 0.0170. The Balaban J connectivity index is 1.24. The van der Waals surface area contributed by atoms with Gasteiger partial charge in [-0.15, -0.1) is 11.3 Å². The number of aromatic hydroxyl groups is 1. The van der Waals surface area contributed by atoms with E-state index in [0.29, 0.717) is 26.0 Å². The van der Waals surface area contributed by atoms with Gasteiger partial charge in [-0.25, -0.2) is 4.98 Å². The molecule has 3 amide bonds. The van der Waals surface area contributed by atoms with Crippen molar-refractivity contribution in [3.63, 3.8) is 0 Å². The average Bonchev–Trinajstić information content (AvgIpc) is 3.42. The first-order valence-corrected chi connectivity index (χ1v) is 20.5. The van der Waals surface area contributed by atoms with E-state index in [1.165, 1.54) is 30.2 Å². The maximum absolute atomic E-state index is 14.6. The summed E-state index contributed by atoms with van der Waals surface area (Å²) in [7, 11) is 0. The van der Waals surface area contributed by atoms with Crippen molar-refractivity contribution >= 4 is 64.0 Å². The van der Waals surface area contributed by atoms with Crippen molar-refractivity contribution in [3.05, 3.63) is 93.6 Å². The van der Waals surface area contributed by atoms with Crippen LogP contribution >= 0.6 is 34.5 Å². The Morgan fingerprint density at radius 2 is 1.72 bits per heavy atom. The summed E-state index contributed by atoms with van der Waals surface area (Å²) in [5, 5.41) is 38.5. The molecule has 8 atom stereocenters. The Bertz CT molecular complexity index is 2090. The Kier molecular flexibility index (Phi) is 13.4. The van der Waals surface area contributed by atoms with E-state index in [4.69, 9.17) is 27.9 Å². The van der Waals surface area contributed by atoms with Crippen molar-refractivity contribution < 1.29 is 44.0 Å². The zero-order chi connectivity index (χ0) is 41.9. The van der Waals surface area contributed by atoms with Gasteiger partial charge in [-0.05, 0) is 55.5 Å². The molecule has 3 aromatic rings. The number of amides is 3. The molecule has 3 unspecified atom stereocenters. The number of fused-ring (bicyclic) bond motifs is 1. The number of carboxylic acids is 1. The van der Waals surface area contributed by atoms with Gasteiger partial charge in [-0.2, -0.15) is 0 Å². The van der Waals surface area contributed by atoms with Crippen molar-refractivity contribution in [1.29, 1.82) is 0 Å². The lowest BCUT2D eigenvalue weighted by atomic mass is 9.99. The lowest BCUT2D eigenvalue weighted by Crippen LogP contribution is -2.59. The average molecular weight is 855 g/mol. The first-order valence-electron chi connectivity index (χ1n) is 18.9. The van der Waals surface area contributed by atoms with E-state index in [0.717, 1.165) is 17.8 Å². The number of aromatic nitrogens is 1. The standard InChI is InChI=1S/C41H45Cl2N5O9S/c1-21(2)35(47-37(54)30(45-22(3)49)15-23-10-12-25(50)13-11-23)40(56)48-20-26(57-41-14-5-4-7-24(41)18-41)16-31(48)38(55)46-29(17-33(51)52)36(53)39-44-19-32(58-39)34-27(42)8-6-9-28(34)43/h4-14,19,21-22,24,26,29-31,35,45,49-50H,15-18,20H2,1-3H3,(H,46,55)(H,47,54)(H,51,52)/t22?,24?,26-,29+,30+,31+,35+,41?/m1/s1. The van der Waals surface area contributed by atoms with Crippen LogP contribution in [0.4, 0.5) is 0 Å². The van der Waals surface area contributed by atoms with Crippen LogP contribution in [0.5, 0.6) is 5.75 Å². The fourth-order valence-corrected chi connectivity index (χ4v) is 9.05. The molecule has 308 valence electrons. The molecule has 1 saturated heterocycles. The summed E-state index contributed by atoms with van der Waals surface area (Å²) in [4.78, 5) is 74.6. The zero-order valence-corrected chi connectivity index (χ0v) is 34.3. The van der Waals surface area contributed by atoms with E-state index in [1.807, 2.05) is 24.3 Å². The fraction of sp³-hybridized carbons (Fsp3) is 0.415. The molecule has 1 aliphatic heterocycles. The van der Waals surface area contributed by atoms with Gasteiger partial charge in [0.05, 0.1) is 39.1 Å². The number of hydrogen-bond donors (Lipinski definition) is 6. The van der Waals surface area contributed by atoms with Crippen LogP contribution in [-0.4, -0.2) is 103 Å². The van der Waals surface area contributed by atoms with Crippen LogP contribution in [0, 0.1) is 11.8 Å². The third kappa shape index (κ3) is 9.96. The number of halogens is 2. The molecule has 3 aliphatic rings. The van der Waals surface area contributed by atoms with Gasteiger partial charge in [0.1, 0.15) is 30.1 Å². The van der Waals surface area contributed by atoms with Crippen molar-refractivity contribution in [2.75, 3.05) is 6.54 Å². The number of carboxylic acid groups (broad SMARTS) is 1. The minimum Gasteiger partial charge on any atom is -0.508 e. The first kappa shape index (κ1) is 43.0. The maximum Gasteiger partial charge on any atom is 0.305 e. The molecule has 6 rings (SSSR count). The van der Waals surface area contributed by atoms with Gasteiger partial charge >= 0.3 is 5.97 Å². The number of Topliss-reactive ketones (excluding diaryl/α,β-unsaturated/α-hetero) is 1. The molecule has 0 bridgehead atoms. The number of ether oxygens (including phenoxy) is 1. The Morgan fingerprint density at radius 3 is 2.36 bits per heavy atom. The van der Waals surface area contributed by atoms with Crippen molar-refractivity contribution in [2.45, 2.75) is 88.6 Å². The number of aliphatic carboxylic acids is 1. The molecule has 1 aromatic heterocycles. The van der Waals surface area contributed by atoms with Crippen molar-refractivity contribution in [1.82, 2.24) is 25.8 Å². The number of phenols is 1. The number of phenolic OH excluding ortho intramolecular Hbond substituents is 1. The Morgan fingerprint density at radius 1 is 1.02 bits per heavy atom. The van der Waals surface area contributed by atoms with Gasteiger partial charge in [0.15, 0.2) is 5.01 Å². The van der Waals surface area contributed by atoms with Crippen LogP contribution in [0.1, 0.15) is 55.4 Å². The van der Waals surface area contributed by atoms with Crippen molar-refractivity contribution in [3.8, 4) is 16.2 Å². The largest absolute Gasteiger partial charge is 0.508 e. The van der Waals surface area contributed by atoms with Crippen molar-refractivity contribution in [2.24, 2.45) is 11.8 Å². The summed E-state index contributed by atoms with van der Waals surface area (Å²) < 4.78 is 6.56. The van der Waals surface area contributed by atoms with Crippen LogP contribution in [0.3, 0.4) is 0 Å². The molecule has 2 aromatic carbocycles. The number of nitrogens with one attached hydrogen (secondary N) is 3. The highest BCUT2D eigenvalue weighted by Crippen LogP contribution is 2.52. The van der Waals surface area contributed by atoms with Crippen LogP contribution in [0.2, 0.25) is 10.0 Å². The lowest BCUT2D eigenvalue weighted by Gasteiger charge is -2.32. The molecule has 0 spiro atoms.